The molecule has 0 aliphatic heterocycles. The van der Waals surface area contributed by atoms with Crippen LogP contribution in [-0.4, -0.2) is 12.1 Å². The summed E-state index contributed by atoms with van der Waals surface area (Å²) in [4.78, 5) is 11.2. The quantitative estimate of drug-likeness (QED) is 0.780. The molecule has 0 spiro atoms. The molecule has 2 rings (SSSR count). The van der Waals surface area contributed by atoms with Gasteiger partial charge in [-0.3, -0.25) is 0 Å². The molecule has 0 N–H and O–H groups in total. The van der Waals surface area contributed by atoms with Crippen molar-refractivity contribution in [2.24, 2.45) is 0 Å². The molecular weight excluding hydrogens is 293 g/mol. The Kier molecular flexibility index (Phi) is 4.54. The van der Waals surface area contributed by atoms with E-state index < -0.39 is 18.2 Å². The lowest BCUT2D eigenvalue weighted by Gasteiger charge is -2.20. The first-order chi connectivity index (χ1) is 10.3. The smallest absolute Gasteiger partial charge is 0.446 e. The zero-order valence-corrected chi connectivity index (χ0v) is 12.1. The van der Waals surface area contributed by atoms with Gasteiger partial charge in [0.05, 0.1) is 0 Å². The topological polar surface area (TPSA) is 26.3 Å². The van der Waals surface area contributed by atoms with E-state index in [-0.39, 0.29) is 0 Å². The fraction of sp³-hybridized carbons (Fsp3) is 0.235. The molecule has 0 amide bonds. The first-order valence-electron chi connectivity index (χ1n) is 6.68. The van der Waals surface area contributed by atoms with Crippen molar-refractivity contribution in [2.45, 2.75) is 26.1 Å². The van der Waals surface area contributed by atoms with Crippen LogP contribution in [0.5, 0.6) is 0 Å². The average molecular weight is 308 g/mol. The lowest BCUT2D eigenvalue weighted by Crippen LogP contribution is -2.27. The van der Waals surface area contributed by atoms with Crippen LogP contribution in [0, 0.1) is 13.8 Å². The van der Waals surface area contributed by atoms with Gasteiger partial charge < -0.3 is 4.74 Å². The van der Waals surface area contributed by atoms with Crippen molar-refractivity contribution in [3.05, 3.63) is 70.8 Å². The Balaban J connectivity index is 2.38. The zero-order chi connectivity index (χ0) is 16.3. The Morgan fingerprint density at radius 2 is 1.23 bits per heavy atom. The summed E-state index contributed by atoms with van der Waals surface area (Å²) in [6.07, 6.45) is -6.11. The van der Waals surface area contributed by atoms with E-state index in [9.17, 15) is 18.0 Å². The Hall–Kier alpha value is -2.30. The third-order valence-corrected chi connectivity index (χ3v) is 3.22. The molecule has 0 fully saturated rings. The highest BCUT2D eigenvalue weighted by atomic mass is 19.4. The number of aryl methyl sites for hydroxylation is 2. The Morgan fingerprint density at radius 1 is 0.864 bits per heavy atom. The van der Waals surface area contributed by atoms with Gasteiger partial charge in [0, 0.05) is 0 Å². The van der Waals surface area contributed by atoms with Gasteiger partial charge in [-0.15, -0.1) is 0 Å². The van der Waals surface area contributed by atoms with Crippen molar-refractivity contribution in [1.29, 1.82) is 0 Å². The summed E-state index contributed by atoms with van der Waals surface area (Å²) >= 11 is 0. The van der Waals surface area contributed by atoms with Gasteiger partial charge in [0.25, 0.3) is 0 Å². The minimum Gasteiger partial charge on any atom is -0.446 e. The van der Waals surface area contributed by atoms with E-state index in [2.05, 4.69) is 0 Å². The predicted octanol–water partition coefficient (Wildman–Crippen LogP) is 4.50. The van der Waals surface area contributed by atoms with E-state index in [1.54, 1.807) is 48.5 Å². The lowest BCUT2D eigenvalue weighted by atomic mass is 9.99. The van der Waals surface area contributed by atoms with Gasteiger partial charge in [-0.25, -0.2) is 4.79 Å². The number of alkyl halides is 3. The molecule has 0 aromatic heterocycles. The Labute approximate surface area is 126 Å². The normalized spacial score (nSPS) is 11.5. The summed E-state index contributed by atoms with van der Waals surface area (Å²) in [6, 6.07) is 13.7. The van der Waals surface area contributed by atoms with Gasteiger partial charge in [-0.1, -0.05) is 59.7 Å². The summed E-state index contributed by atoms with van der Waals surface area (Å²) in [5.41, 5.74) is 2.92. The van der Waals surface area contributed by atoms with Crippen LogP contribution in [0.25, 0.3) is 0 Å². The molecule has 2 aromatic carbocycles. The van der Waals surface area contributed by atoms with Gasteiger partial charge in [0.1, 0.15) is 0 Å². The maximum atomic E-state index is 12.5. The molecule has 116 valence electrons. The van der Waals surface area contributed by atoms with Crippen LogP contribution in [-0.2, 0) is 9.53 Å². The van der Waals surface area contributed by atoms with Crippen molar-refractivity contribution >= 4 is 5.97 Å². The van der Waals surface area contributed by atoms with E-state index in [1.807, 2.05) is 13.8 Å². The second kappa shape index (κ2) is 6.22. The van der Waals surface area contributed by atoms with Gasteiger partial charge >= 0.3 is 12.1 Å². The number of hydrogen-bond acceptors (Lipinski definition) is 2. The predicted molar refractivity (Wildman–Crippen MR) is 76.3 cm³/mol. The molecule has 0 saturated carbocycles. The summed E-state index contributed by atoms with van der Waals surface area (Å²) < 4.78 is 42.2. The number of carbonyl (C=O) groups is 1. The van der Waals surface area contributed by atoms with Crippen LogP contribution >= 0.6 is 0 Å². The molecule has 2 aromatic rings. The third kappa shape index (κ3) is 3.87. The molecule has 22 heavy (non-hydrogen) atoms. The number of benzene rings is 2. The summed E-state index contributed by atoms with van der Waals surface area (Å²) in [5, 5.41) is 0. The number of hydrogen-bond donors (Lipinski definition) is 0. The molecule has 2 nitrogen and oxygen atoms in total. The number of halogens is 3. The van der Waals surface area contributed by atoms with Crippen molar-refractivity contribution in [3.8, 4) is 0 Å². The Bertz CT molecular complexity index is 598. The number of carbonyl (C=O) groups excluding carboxylic acids is 1. The van der Waals surface area contributed by atoms with E-state index in [4.69, 9.17) is 4.74 Å². The van der Waals surface area contributed by atoms with Crippen LogP contribution in [0.1, 0.15) is 28.4 Å². The van der Waals surface area contributed by atoms with Crippen LogP contribution < -0.4 is 0 Å². The average Bonchev–Trinajstić information content (AvgIpc) is 2.46. The maximum Gasteiger partial charge on any atom is 0.490 e. The van der Waals surface area contributed by atoms with E-state index in [0.717, 1.165) is 11.1 Å². The summed E-state index contributed by atoms with van der Waals surface area (Å²) in [6.45, 7) is 3.73. The number of ether oxygens (including phenoxy) is 1. The molecular formula is C17H15F3O2. The lowest BCUT2D eigenvalue weighted by molar-refractivity contribution is -0.203. The molecule has 0 aliphatic rings. The summed E-state index contributed by atoms with van der Waals surface area (Å²) in [7, 11) is 0. The molecule has 5 heteroatoms. The fourth-order valence-electron chi connectivity index (χ4n) is 1.98. The first kappa shape index (κ1) is 16.1. The van der Waals surface area contributed by atoms with Crippen molar-refractivity contribution in [2.75, 3.05) is 0 Å². The fourth-order valence-corrected chi connectivity index (χ4v) is 1.98. The molecule has 0 aliphatic carbocycles. The van der Waals surface area contributed by atoms with Gasteiger partial charge in [0.15, 0.2) is 6.10 Å². The van der Waals surface area contributed by atoms with Gasteiger partial charge in [0.2, 0.25) is 0 Å². The minimum absolute atomic E-state index is 0.493. The molecule has 0 heterocycles. The highest BCUT2D eigenvalue weighted by molar-refractivity contribution is 5.76. The molecule has 0 bridgehead atoms. The largest absolute Gasteiger partial charge is 0.490 e. The van der Waals surface area contributed by atoms with E-state index in [1.165, 1.54) is 0 Å². The monoisotopic (exact) mass is 308 g/mol. The molecule has 0 unspecified atom stereocenters. The van der Waals surface area contributed by atoms with Crippen LogP contribution in [0.15, 0.2) is 48.5 Å². The minimum atomic E-state index is -5.02. The molecule has 0 radical (unpaired) electrons. The van der Waals surface area contributed by atoms with Crippen molar-refractivity contribution in [1.82, 2.24) is 0 Å². The number of esters is 1. The van der Waals surface area contributed by atoms with Crippen molar-refractivity contribution < 1.29 is 22.7 Å². The maximum absolute atomic E-state index is 12.5. The molecule has 0 atom stereocenters. The second-order valence-corrected chi connectivity index (χ2v) is 5.10. The number of rotatable bonds is 3. The standard InChI is InChI=1S/C17H15F3O2/c1-11-3-7-13(8-4-11)15(22-16(21)17(18,19)20)14-9-5-12(2)6-10-14/h3-10,15H,1-2H3. The van der Waals surface area contributed by atoms with Gasteiger partial charge in [-0.2, -0.15) is 13.2 Å². The van der Waals surface area contributed by atoms with Gasteiger partial charge in [-0.05, 0) is 25.0 Å². The SMILES string of the molecule is Cc1ccc(C(OC(=O)C(F)(F)F)c2ccc(C)cc2)cc1. The highest BCUT2D eigenvalue weighted by Crippen LogP contribution is 2.30. The Morgan fingerprint density at radius 3 is 1.55 bits per heavy atom. The van der Waals surface area contributed by atoms with E-state index in [0.29, 0.717) is 11.1 Å². The van der Waals surface area contributed by atoms with Crippen LogP contribution in [0.2, 0.25) is 0 Å². The summed E-state index contributed by atoms with van der Waals surface area (Å²) in [5.74, 6) is -2.20. The van der Waals surface area contributed by atoms with Crippen LogP contribution in [0.3, 0.4) is 0 Å². The van der Waals surface area contributed by atoms with Crippen molar-refractivity contribution in [3.63, 3.8) is 0 Å². The van der Waals surface area contributed by atoms with E-state index >= 15 is 0 Å². The highest BCUT2D eigenvalue weighted by Gasteiger charge is 2.42. The molecule has 0 saturated heterocycles. The zero-order valence-electron chi connectivity index (χ0n) is 12.1. The van der Waals surface area contributed by atoms with Crippen LogP contribution in [0.4, 0.5) is 13.2 Å². The third-order valence-electron chi connectivity index (χ3n) is 3.22. The second-order valence-electron chi connectivity index (χ2n) is 5.10. The first-order valence-corrected chi connectivity index (χ1v) is 6.68.